The second kappa shape index (κ2) is 10.7. The molecule has 24 heavy (non-hydrogen) atoms. The quantitative estimate of drug-likeness (QED) is 0.615. The summed E-state index contributed by atoms with van der Waals surface area (Å²) in [5, 5.41) is 8.03. The van der Waals surface area contributed by atoms with Crippen LogP contribution in [0.25, 0.3) is 0 Å². The van der Waals surface area contributed by atoms with Crippen LogP contribution in [0.4, 0.5) is 0 Å². The van der Waals surface area contributed by atoms with Crippen LogP contribution in [0.3, 0.4) is 0 Å². The third-order valence-electron chi connectivity index (χ3n) is 3.36. The summed E-state index contributed by atoms with van der Waals surface area (Å²) in [4.78, 5) is 12.2. The van der Waals surface area contributed by atoms with E-state index in [9.17, 15) is 4.79 Å². The maximum absolute atomic E-state index is 12.2. The first-order chi connectivity index (χ1) is 11.1. The Labute approximate surface area is 161 Å². The minimum atomic E-state index is -0.0655. The fraction of sp³-hybridized carbons (Fsp3) is 0.353. The van der Waals surface area contributed by atoms with Crippen LogP contribution in [-0.2, 0) is 6.61 Å². The van der Waals surface area contributed by atoms with Crippen LogP contribution in [0.2, 0.25) is 0 Å². The molecular formula is C17H22BrClN2O2S. The summed E-state index contributed by atoms with van der Waals surface area (Å²) in [6.07, 6.45) is 0.907. The molecule has 1 heterocycles. The molecule has 4 nitrogen and oxygen atoms in total. The topological polar surface area (TPSA) is 50.4 Å². The number of nitrogens with one attached hydrogen (secondary N) is 2. The van der Waals surface area contributed by atoms with E-state index in [0.29, 0.717) is 18.7 Å². The molecule has 0 bridgehead atoms. The van der Waals surface area contributed by atoms with Crippen LogP contribution in [-0.4, -0.2) is 26.0 Å². The first kappa shape index (κ1) is 21.0. The fourth-order valence-corrected chi connectivity index (χ4v) is 3.24. The minimum absolute atomic E-state index is 0. The normalized spacial score (nSPS) is 10.1. The number of hydrogen-bond acceptors (Lipinski definition) is 4. The summed E-state index contributed by atoms with van der Waals surface area (Å²) in [5.74, 6) is 0.680. The van der Waals surface area contributed by atoms with Crippen molar-refractivity contribution in [2.75, 3.05) is 20.1 Å². The molecule has 0 spiro atoms. The van der Waals surface area contributed by atoms with E-state index in [1.165, 1.54) is 0 Å². The molecule has 1 aromatic carbocycles. The highest BCUT2D eigenvalue weighted by molar-refractivity contribution is 9.11. The van der Waals surface area contributed by atoms with Gasteiger partial charge in [0, 0.05) is 17.7 Å². The van der Waals surface area contributed by atoms with Crippen LogP contribution < -0.4 is 15.4 Å². The zero-order valence-electron chi connectivity index (χ0n) is 13.7. The molecule has 1 amide bonds. The molecule has 0 atom stereocenters. The van der Waals surface area contributed by atoms with E-state index < -0.39 is 0 Å². The van der Waals surface area contributed by atoms with E-state index >= 15 is 0 Å². The van der Waals surface area contributed by atoms with Gasteiger partial charge in [0.2, 0.25) is 0 Å². The first-order valence-electron chi connectivity index (χ1n) is 7.49. The lowest BCUT2D eigenvalue weighted by atomic mass is 10.1. The molecule has 0 fully saturated rings. The van der Waals surface area contributed by atoms with Gasteiger partial charge in [-0.2, -0.15) is 0 Å². The Morgan fingerprint density at radius 3 is 2.75 bits per heavy atom. The molecule has 0 unspecified atom stereocenters. The highest BCUT2D eigenvalue weighted by atomic mass is 79.9. The molecule has 1 aromatic heterocycles. The van der Waals surface area contributed by atoms with Crippen LogP contribution in [0.1, 0.15) is 27.9 Å². The summed E-state index contributed by atoms with van der Waals surface area (Å²) in [5.41, 5.74) is 2.76. The molecule has 0 radical (unpaired) electrons. The largest absolute Gasteiger partial charge is 0.489 e. The van der Waals surface area contributed by atoms with Gasteiger partial charge < -0.3 is 15.4 Å². The summed E-state index contributed by atoms with van der Waals surface area (Å²) in [6, 6.07) is 7.60. The van der Waals surface area contributed by atoms with E-state index in [1.54, 1.807) is 11.3 Å². The van der Waals surface area contributed by atoms with Crippen molar-refractivity contribution in [1.82, 2.24) is 10.6 Å². The van der Waals surface area contributed by atoms with E-state index in [-0.39, 0.29) is 18.3 Å². The van der Waals surface area contributed by atoms with E-state index in [2.05, 4.69) is 31.9 Å². The molecule has 0 aliphatic rings. The Morgan fingerprint density at radius 2 is 2.08 bits per heavy atom. The zero-order chi connectivity index (χ0) is 16.7. The average molecular weight is 434 g/mol. The van der Waals surface area contributed by atoms with Crippen molar-refractivity contribution in [2.24, 2.45) is 0 Å². The lowest BCUT2D eigenvalue weighted by molar-refractivity contribution is 0.0953. The Morgan fingerprint density at radius 1 is 1.29 bits per heavy atom. The van der Waals surface area contributed by atoms with Crippen LogP contribution in [0.15, 0.2) is 33.4 Å². The van der Waals surface area contributed by atoms with Crippen molar-refractivity contribution in [3.05, 3.63) is 50.1 Å². The smallest absolute Gasteiger partial charge is 0.251 e. The van der Waals surface area contributed by atoms with Gasteiger partial charge in [0.05, 0.1) is 3.79 Å². The van der Waals surface area contributed by atoms with E-state index in [1.807, 2.05) is 38.2 Å². The summed E-state index contributed by atoms with van der Waals surface area (Å²) >= 11 is 5.08. The van der Waals surface area contributed by atoms with Crippen molar-refractivity contribution >= 4 is 45.6 Å². The van der Waals surface area contributed by atoms with Crippen molar-refractivity contribution < 1.29 is 9.53 Å². The molecule has 0 aliphatic heterocycles. The van der Waals surface area contributed by atoms with Crippen LogP contribution >= 0.6 is 39.7 Å². The highest BCUT2D eigenvalue weighted by Crippen LogP contribution is 2.24. The Balaban J connectivity index is 0.00000288. The summed E-state index contributed by atoms with van der Waals surface area (Å²) < 4.78 is 6.95. The van der Waals surface area contributed by atoms with Gasteiger partial charge in [-0.1, -0.05) is 6.07 Å². The van der Waals surface area contributed by atoms with Crippen molar-refractivity contribution in [2.45, 2.75) is 20.0 Å². The van der Waals surface area contributed by atoms with Gasteiger partial charge in [-0.25, -0.2) is 0 Å². The molecule has 2 rings (SSSR count). The first-order valence-corrected chi connectivity index (χ1v) is 9.16. The SMILES string of the molecule is CNCCCNC(=O)c1ccc(C)c(OCc2csc(Br)c2)c1.Cl. The second-order valence-electron chi connectivity index (χ2n) is 5.24. The Kier molecular flexibility index (Phi) is 9.36. The maximum atomic E-state index is 12.2. The number of carbonyl (C=O) groups excluding carboxylic acids is 1. The predicted octanol–water partition coefficient (Wildman–Crippen LogP) is 4.16. The number of amides is 1. The zero-order valence-corrected chi connectivity index (χ0v) is 16.9. The van der Waals surface area contributed by atoms with Gasteiger partial charge in [-0.05, 0) is 72.0 Å². The van der Waals surface area contributed by atoms with E-state index in [4.69, 9.17) is 4.74 Å². The lowest BCUT2D eigenvalue weighted by Gasteiger charge is -2.11. The molecular weight excluding hydrogens is 412 g/mol. The summed E-state index contributed by atoms with van der Waals surface area (Å²) in [7, 11) is 1.90. The second-order valence-corrected chi connectivity index (χ2v) is 7.53. The average Bonchev–Trinajstić information content (AvgIpc) is 2.96. The van der Waals surface area contributed by atoms with Gasteiger partial charge in [0.1, 0.15) is 12.4 Å². The standard InChI is InChI=1S/C17H21BrN2O2S.ClH/c1-12-4-5-14(17(21)20-7-3-6-19-2)9-15(12)22-10-13-8-16(18)23-11-13;/h4-5,8-9,11,19H,3,6-7,10H2,1-2H3,(H,20,21);1H. The molecule has 2 aromatic rings. The number of aryl methyl sites for hydroxylation is 1. The molecule has 2 N–H and O–H groups in total. The third-order valence-corrected chi connectivity index (χ3v) is 4.91. The summed E-state index contributed by atoms with van der Waals surface area (Å²) in [6.45, 7) is 4.02. The van der Waals surface area contributed by atoms with Gasteiger partial charge in [-0.3, -0.25) is 4.79 Å². The number of carbonyl (C=O) groups is 1. The number of rotatable bonds is 8. The van der Waals surface area contributed by atoms with Gasteiger partial charge in [-0.15, -0.1) is 23.7 Å². The number of thiophene rings is 1. The van der Waals surface area contributed by atoms with Gasteiger partial charge in [0.15, 0.2) is 0 Å². The van der Waals surface area contributed by atoms with Crippen LogP contribution in [0.5, 0.6) is 5.75 Å². The Bertz CT molecular complexity index is 664. The number of benzene rings is 1. The Hall–Kier alpha value is -1.08. The fourth-order valence-electron chi connectivity index (χ4n) is 2.05. The van der Waals surface area contributed by atoms with Crippen molar-refractivity contribution in [3.63, 3.8) is 0 Å². The predicted molar refractivity (Wildman–Crippen MR) is 106 cm³/mol. The molecule has 132 valence electrons. The van der Waals surface area contributed by atoms with Crippen molar-refractivity contribution in [3.8, 4) is 5.75 Å². The number of halogens is 2. The molecule has 0 saturated carbocycles. The van der Waals surface area contributed by atoms with Gasteiger partial charge in [0.25, 0.3) is 5.91 Å². The number of ether oxygens (including phenoxy) is 1. The van der Waals surface area contributed by atoms with Crippen LogP contribution in [0, 0.1) is 6.92 Å². The maximum Gasteiger partial charge on any atom is 0.251 e. The highest BCUT2D eigenvalue weighted by Gasteiger charge is 2.09. The monoisotopic (exact) mass is 432 g/mol. The van der Waals surface area contributed by atoms with Gasteiger partial charge >= 0.3 is 0 Å². The molecule has 0 aliphatic carbocycles. The van der Waals surface area contributed by atoms with E-state index in [0.717, 1.165) is 33.6 Å². The minimum Gasteiger partial charge on any atom is -0.489 e. The number of hydrogen-bond donors (Lipinski definition) is 2. The van der Waals surface area contributed by atoms with Crippen molar-refractivity contribution in [1.29, 1.82) is 0 Å². The molecule has 7 heteroatoms. The molecule has 0 saturated heterocycles. The lowest BCUT2D eigenvalue weighted by Crippen LogP contribution is -2.26. The third kappa shape index (κ3) is 6.43.